The molecule has 0 aliphatic heterocycles. The number of aliphatic hydroxyl groups is 1. The van der Waals surface area contributed by atoms with E-state index in [-0.39, 0.29) is 12.2 Å². The van der Waals surface area contributed by atoms with Gasteiger partial charge in [0.1, 0.15) is 18.4 Å². The van der Waals surface area contributed by atoms with Crippen LogP contribution < -0.4 is 10.1 Å². The average molecular weight is 286 g/mol. The van der Waals surface area contributed by atoms with Crippen molar-refractivity contribution >= 4 is 5.97 Å². The quantitative estimate of drug-likeness (QED) is 0.701. The lowest BCUT2D eigenvalue weighted by Gasteiger charge is -2.15. The van der Waals surface area contributed by atoms with Crippen LogP contribution in [0.4, 0.5) is 0 Å². The summed E-state index contributed by atoms with van der Waals surface area (Å²) in [7, 11) is 1.27. The molecule has 1 atom stereocenters. The van der Waals surface area contributed by atoms with Gasteiger partial charge in [0.15, 0.2) is 0 Å². The van der Waals surface area contributed by atoms with E-state index >= 15 is 0 Å². The van der Waals surface area contributed by atoms with Gasteiger partial charge >= 0.3 is 5.97 Å². The largest absolute Gasteiger partial charge is 0.491 e. The van der Waals surface area contributed by atoms with E-state index in [0.717, 1.165) is 0 Å². The first-order valence-corrected chi connectivity index (χ1v) is 6.17. The number of methoxy groups -OCH3 is 1. The van der Waals surface area contributed by atoms with E-state index in [1.54, 1.807) is 13.8 Å². The highest BCUT2D eigenvalue weighted by molar-refractivity contribution is 5.72. The number of ether oxygens (including phenoxy) is 2. The molecule has 2 N–H and O–H groups in total. The van der Waals surface area contributed by atoms with Gasteiger partial charge in [-0.15, -0.1) is 0 Å². The van der Waals surface area contributed by atoms with E-state index in [9.17, 15) is 9.90 Å². The van der Waals surface area contributed by atoms with Crippen LogP contribution in [-0.4, -0.2) is 43.4 Å². The molecule has 1 aromatic carbocycles. The SMILES string of the molecule is [2H]C([2H])(NC(C)C)C([2H])(O)C([2H])([2H])Oc1ccc(CC(=O)OC)cc1. The Morgan fingerprint density at radius 1 is 1.45 bits per heavy atom. The van der Waals surface area contributed by atoms with E-state index in [1.807, 2.05) is 0 Å². The van der Waals surface area contributed by atoms with Crippen molar-refractivity contribution < 1.29 is 26.2 Å². The molecule has 0 saturated heterocycles. The number of hydrogen-bond acceptors (Lipinski definition) is 5. The van der Waals surface area contributed by atoms with E-state index in [2.05, 4.69) is 10.1 Å². The van der Waals surface area contributed by atoms with E-state index in [4.69, 9.17) is 11.6 Å². The molecule has 0 heterocycles. The lowest BCUT2D eigenvalue weighted by atomic mass is 10.1. The second kappa shape index (κ2) is 8.55. The van der Waals surface area contributed by atoms with E-state index in [0.29, 0.717) is 5.56 Å². The second-order valence-corrected chi connectivity index (χ2v) is 4.37. The Morgan fingerprint density at radius 2 is 2.10 bits per heavy atom. The Morgan fingerprint density at radius 3 is 2.65 bits per heavy atom. The number of benzene rings is 1. The smallest absolute Gasteiger partial charge is 0.309 e. The Hall–Kier alpha value is -1.59. The monoisotopic (exact) mass is 286 g/mol. The Labute approximate surface area is 126 Å². The predicted octanol–water partition coefficient (Wildman–Crippen LogP) is 1.14. The van der Waals surface area contributed by atoms with Crippen molar-refractivity contribution in [2.45, 2.75) is 32.4 Å². The number of nitrogens with one attached hydrogen (secondary N) is 1. The van der Waals surface area contributed by atoms with Crippen LogP contribution in [0.5, 0.6) is 5.75 Å². The maximum absolute atomic E-state index is 11.2. The third-order valence-corrected chi connectivity index (χ3v) is 2.24. The standard InChI is InChI=1S/C15H23NO4/c1-11(2)16-9-13(17)10-20-14-6-4-12(5-7-14)8-15(18)19-3/h4-7,11,13,16-17H,8-10H2,1-3H3/i9D2,10D2,13D. The van der Waals surface area contributed by atoms with Crippen LogP contribution in [0, 0.1) is 0 Å². The van der Waals surface area contributed by atoms with Crippen LogP contribution >= 0.6 is 0 Å². The van der Waals surface area contributed by atoms with Crippen molar-refractivity contribution in [3.8, 4) is 5.75 Å². The molecule has 0 fully saturated rings. The minimum atomic E-state index is -3.23. The van der Waals surface area contributed by atoms with Crippen molar-refractivity contribution in [1.82, 2.24) is 5.32 Å². The Balaban J connectivity index is 2.94. The van der Waals surface area contributed by atoms with Gasteiger partial charge in [-0.3, -0.25) is 4.79 Å². The molecule has 0 bridgehead atoms. The molecule has 0 aromatic heterocycles. The normalized spacial score (nSPS) is 18.9. The molecule has 0 radical (unpaired) electrons. The number of esters is 1. The van der Waals surface area contributed by atoms with Gasteiger partial charge in [0.25, 0.3) is 0 Å². The number of rotatable bonds is 8. The molecule has 20 heavy (non-hydrogen) atoms. The molecule has 1 aromatic rings. The first-order valence-electron chi connectivity index (χ1n) is 8.67. The second-order valence-electron chi connectivity index (χ2n) is 4.37. The molecular formula is C15H23NO4. The van der Waals surface area contributed by atoms with Gasteiger partial charge in [-0.25, -0.2) is 0 Å². The van der Waals surface area contributed by atoms with Gasteiger partial charge < -0.3 is 19.9 Å². The zero-order valence-electron chi connectivity index (χ0n) is 16.8. The number of hydrogen-bond donors (Lipinski definition) is 2. The van der Waals surface area contributed by atoms with Gasteiger partial charge in [-0.1, -0.05) is 26.0 Å². The summed E-state index contributed by atoms with van der Waals surface area (Å²) in [5.41, 5.74) is 0.609. The van der Waals surface area contributed by atoms with Crippen LogP contribution in [0.25, 0.3) is 0 Å². The lowest BCUT2D eigenvalue weighted by Crippen LogP contribution is -2.35. The molecule has 0 spiro atoms. The highest BCUT2D eigenvalue weighted by Gasteiger charge is 2.07. The van der Waals surface area contributed by atoms with Crippen molar-refractivity contribution in [3.63, 3.8) is 0 Å². The molecule has 5 nitrogen and oxygen atoms in total. The van der Waals surface area contributed by atoms with Crippen molar-refractivity contribution in [1.29, 1.82) is 0 Å². The fourth-order valence-electron chi connectivity index (χ4n) is 1.26. The summed E-state index contributed by atoms with van der Waals surface area (Å²) < 4.78 is 48.5. The Kier molecular flexibility index (Phi) is 4.36. The van der Waals surface area contributed by atoms with Crippen LogP contribution in [0.2, 0.25) is 0 Å². The fourth-order valence-corrected chi connectivity index (χ4v) is 1.26. The van der Waals surface area contributed by atoms with E-state index < -0.39 is 31.1 Å². The van der Waals surface area contributed by atoms with Crippen LogP contribution in [0.3, 0.4) is 0 Å². The van der Waals surface area contributed by atoms with Crippen molar-refractivity contribution in [2.24, 2.45) is 0 Å². The minimum absolute atomic E-state index is 0.0235. The minimum Gasteiger partial charge on any atom is -0.491 e. The third kappa shape index (κ3) is 6.54. The maximum atomic E-state index is 11.2. The van der Waals surface area contributed by atoms with Gasteiger partial charge in [0, 0.05) is 15.3 Å². The van der Waals surface area contributed by atoms with Gasteiger partial charge in [-0.2, -0.15) is 0 Å². The molecule has 112 valence electrons. The summed E-state index contributed by atoms with van der Waals surface area (Å²) in [6, 6.07) is 5.30. The van der Waals surface area contributed by atoms with E-state index in [1.165, 1.54) is 31.4 Å². The molecule has 0 saturated carbocycles. The summed E-state index contributed by atoms with van der Waals surface area (Å²) in [4.78, 5) is 11.2. The topological polar surface area (TPSA) is 67.8 Å². The summed E-state index contributed by atoms with van der Waals surface area (Å²) in [5, 5.41) is 12.5. The molecular weight excluding hydrogens is 258 g/mol. The van der Waals surface area contributed by atoms with Gasteiger partial charge in [0.05, 0.1) is 17.6 Å². The molecule has 5 heteroatoms. The van der Waals surface area contributed by atoms with Crippen LogP contribution in [-0.2, 0) is 16.0 Å². The van der Waals surface area contributed by atoms with Gasteiger partial charge in [0.2, 0.25) is 0 Å². The zero-order chi connectivity index (χ0) is 19.5. The van der Waals surface area contributed by atoms with Gasteiger partial charge in [-0.05, 0) is 17.7 Å². The lowest BCUT2D eigenvalue weighted by molar-refractivity contribution is -0.139. The first-order chi connectivity index (χ1) is 11.3. The highest BCUT2D eigenvalue weighted by Crippen LogP contribution is 2.13. The molecule has 0 aliphatic carbocycles. The predicted molar refractivity (Wildman–Crippen MR) is 76.8 cm³/mol. The molecule has 0 aliphatic rings. The number of carbonyl (C=O) groups excluding carboxylic acids is 1. The summed E-state index contributed by atoms with van der Waals surface area (Å²) in [5.74, 6) is -0.456. The molecule has 1 rings (SSSR count). The molecule has 0 amide bonds. The summed E-state index contributed by atoms with van der Waals surface area (Å²) >= 11 is 0. The first kappa shape index (κ1) is 10.2. The van der Waals surface area contributed by atoms with Crippen LogP contribution in [0.15, 0.2) is 24.3 Å². The van der Waals surface area contributed by atoms with Crippen LogP contribution in [0.1, 0.15) is 26.3 Å². The van der Waals surface area contributed by atoms with Crippen molar-refractivity contribution in [3.05, 3.63) is 29.8 Å². The third-order valence-electron chi connectivity index (χ3n) is 2.24. The fraction of sp³-hybridized carbons (Fsp3) is 0.533. The zero-order valence-corrected chi connectivity index (χ0v) is 11.8. The maximum Gasteiger partial charge on any atom is 0.309 e. The Bertz CT molecular complexity index is 590. The highest BCUT2D eigenvalue weighted by atomic mass is 16.5. The molecule has 1 unspecified atom stereocenters. The summed E-state index contributed by atoms with van der Waals surface area (Å²) in [6.07, 6.45) is -3.19. The number of carbonyl (C=O) groups is 1. The van der Waals surface area contributed by atoms with Crippen molar-refractivity contribution in [2.75, 3.05) is 20.2 Å². The summed E-state index contributed by atoms with van der Waals surface area (Å²) in [6.45, 7) is -2.62. The average Bonchev–Trinajstić information content (AvgIpc) is 2.47.